The van der Waals surface area contributed by atoms with E-state index < -0.39 is 0 Å². The first-order valence-electron chi connectivity index (χ1n) is 9.44. The Balaban J connectivity index is 1.88. The number of hydrogen-bond acceptors (Lipinski definition) is 6. The third-order valence-electron chi connectivity index (χ3n) is 4.88. The summed E-state index contributed by atoms with van der Waals surface area (Å²) in [6.07, 6.45) is 0. The first-order valence-corrected chi connectivity index (χ1v) is 9.44. The Morgan fingerprint density at radius 3 is 2.20 bits per heavy atom. The van der Waals surface area contributed by atoms with E-state index in [9.17, 15) is 4.79 Å². The van der Waals surface area contributed by atoms with Gasteiger partial charge in [-0.2, -0.15) is 0 Å². The van der Waals surface area contributed by atoms with Crippen LogP contribution in [0, 0.1) is 6.92 Å². The standard InChI is InChI=1S/C22H17N7O/c1-13-20(23-14(2)30)25-27-22-18-17(15-9-5-3-6-10-15)19(16-11-7-4-8-12-16)24-26-21(18)28-29(13)22/h3-12H,1-2H3,(H,23,30). The van der Waals surface area contributed by atoms with Crippen molar-refractivity contribution in [3.05, 3.63) is 66.4 Å². The zero-order chi connectivity index (χ0) is 20.7. The molecule has 1 N–H and O–H groups in total. The van der Waals surface area contributed by atoms with Crippen LogP contribution in [0.3, 0.4) is 0 Å². The molecule has 3 heterocycles. The van der Waals surface area contributed by atoms with Gasteiger partial charge in [-0.15, -0.1) is 25.5 Å². The van der Waals surface area contributed by atoms with E-state index in [4.69, 9.17) is 0 Å². The highest BCUT2D eigenvalue weighted by atomic mass is 16.1. The smallest absolute Gasteiger partial charge is 0.222 e. The third kappa shape index (κ3) is 2.86. The van der Waals surface area contributed by atoms with Crippen molar-refractivity contribution in [2.75, 3.05) is 5.32 Å². The normalized spacial score (nSPS) is 11.1. The molecule has 0 saturated carbocycles. The second-order valence-corrected chi connectivity index (χ2v) is 6.90. The maximum absolute atomic E-state index is 11.5. The topological polar surface area (TPSA) is 98.0 Å². The molecule has 1 amide bonds. The van der Waals surface area contributed by atoms with Crippen molar-refractivity contribution in [3.8, 4) is 22.4 Å². The SMILES string of the molecule is CC(=O)Nc1nnc2c3c(-c4ccccc4)c(-c4ccccc4)nnc3nn2c1C. The number of benzene rings is 2. The summed E-state index contributed by atoms with van der Waals surface area (Å²) in [5, 5.41) is 25.5. The number of carbonyl (C=O) groups is 1. The first kappa shape index (κ1) is 17.9. The Bertz CT molecular complexity index is 1400. The summed E-state index contributed by atoms with van der Waals surface area (Å²) in [6.45, 7) is 3.25. The number of rotatable bonds is 3. The molecule has 0 radical (unpaired) electrons. The van der Waals surface area contributed by atoms with E-state index in [0.717, 1.165) is 27.8 Å². The molecule has 0 aliphatic heterocycles. The maximum atomic E-state index is 11.5. The Hall–Kier alpha value is -4.20. The van der Waals surface area contributed by atoms with Crippen LogP contribution in [0.4, 0.5) is 5.82 Å². The molecule has 0 saturated heterocycles. The Morgan fingerprint density at radius 2 is 1.53 bits per heavy atom. The van der Waals surface area contributed by atoms with Crippen molar-refractivity contribution >= 4 is 28.4 Å². The van der Waals surface area contributed by atoms with Crippen LogP contribution >= 0.6 is 0 Å². The lowest BCUT2D eigenvalue weighted by Gasteiger charge is -2.10. The van der Waals surface area contributed by atoms with E-state index >= 15 is 0 Å². The largest absolute Gasteiger partial charge is 0.308 e. The van der Waals surface area contributed by atoms with Gasteiger partial charge in [0.2, 0.25) is 11.6 Å². The zero-order valence-electron chi connectivity index (χ0n) is 16.4. The highest BCUT2D eigenvalue weighted by molar-refractivity contribution is 6.06. The van der Waals surface area contributed by atoms with Gasteiger partial charge in [0.1, 0.15) is 5.69 Å². The molecule has 2 aromatic carbocycles. The van der Waals surface area contributed by atoms with Crippen LogP contribution in [-0.4, -0.2) is 35.9 Å². The van der Waals surface area contributed by atoms with E-state index in [0.29, 0.717) is 22.8 Å². The van der Waals surface area contributed by atoms with Gasteiger partial charge in [0.15, 0.2) is 11.5 Å². The van der Waals surface area contributed by atoms with Crippen LogP contribution in [0.5, 0.6) is 0 Å². The fourth-order valence-corrected chi connectivity index (χ4v) is 3.52. The predicted octanol–water partition coefficient (Wildman–Crippen LogP) is 3.67. The number of hydrogen-bond donors (Lipinski definition) is 1. The summed E-state index contributed by atoms with van der Waals surface area (Å²) in [7, 11) is 0. The van der Waals surface area contributed by atoms with Crippen LogP contribution in [0.25, 0.3) is 39.1 Å². The molecule has 0 aliphatic carbocycles. The van der Waals surface area contributed by atoms with Crippen molar-refractivity contribution in [1.82, 2.24) is 30.0 Å². The van der Waals surface area contributed by atoms with Gasteiger partial charge in [-0.1, -0.05) is 60.7 Å². The van der Waals surface area contributed by atoms with E-state index in [1.807, 2.05) is 67.6 Å². The quantitative estimate of drug-likeness (QED) is 0.501. The van der Waals surface area contributed by atoms with Crippen molar-refractivity contribution in [2.45, 2.75) is 13.8 Å². The van der Waals surface area contributed by atoms with Crippen LogP contribution < -0.4 is 5.32 Å². The van der Waals surface area contributed by atoms with Gasteiger partial charge >= 0.3 is 0 Å². The van der Waals surface area contributed by atoms with Crippen LogP contribution in [-0.2, 0) is 4.79 Å². The number of aryl methyl sites for hydroxylation is 1. The summed E-state index contributed by atoms with van der Waals surface area (Å²) in [4.78, 5) is 11.5. The molecule has 5 rings (SSSR count). The van der Waals surface area contributed by atoms with Crippen molar-refractivity contribution < 1.29 is 4.79 Å². The van der Waals surface area contributed by atoms with Gasteiger partial charge in [0.05, 0.1) is 11.1 Å². The molecule has 30 heavy (non-hydrogen) atoms. The Kier molecular flexibility index (Phi) is 4.17. The second kappa shape index (κ2) is 7.00. The predicted molar refractivity (Wildman–Crippen MR) is 114 cm³/mol. The molecule has 0 bridgehead atoms. The van der Waals surface area contributed by atoms with Crippen molar-refractivity contribution in [2.24, 2.45) is 0 Å². The second-order valence-electron chi connectivity index (χ2n) is 6.90. The minimum absolute atomic E-state index is 0.223. The minimum atomic E-state index is -0.223. The number of nitrogens with one attached hydrogen (secondary N) is 1. The van der Waals surface area contributed by atoms with Crippen LogP contribution in [0.15, 0.2) is 60.7 Å². The number of fused-ring (bicyclic) bond motifs is 3. The fourth-order valence-electron chi connectivity index (χ4n) is 3.52. The number of amides is 1. The molecule has 0 spiro atoms. The van der Waals surface area contributed by atoms with E-state index in [1.54, 1.807) is 4.52 Å². The van der Waals surface area contributed by atoms with Gasteiger partial charge in [-0.05, 0) is 12.5 Å². The summed E-state index contributed by atoms with van der Waals surface area (Å²) < 4.78 is 1.65. The molecule has 5 aromatic rings. The molecule has 0 atom stereocenters. The molecule has 0 unspecified atom stereocenters. The van der Waals surface area contributed by atoms with Crippen molar-refractivity contribution in [1.29, 1.82) is 0 Å². The number of aromatic nitrogens is 6. The third-order valence-corrected chi connectivity index (χ3v) is 4.88. The lowest BCUT2D eigenvalue weighted by Crippen LogP contribution is -2.12. The summed E-state index contributed by atoms with van der Waals surface area (Å²) >= 11 is 0. The van der Waals surface area contributed by atoms with Crippen molar-refractivity contribution in [3.63, 3.8) is 0 Å². The molecule has 0 fully saturated rings. The van der Waals surface area contributed by atoms with Crippen LogP contribution in [0.2, 0.25) is 0 Å². The zero-order valence-corrected chi connectivity index (χ0v) is 16.4. The lowest BCUT2D eigenvalue weighted by molar-refractivity contribution is -0.114. The molecule has 3 aromatic heterocycles. The van der Waals surface area contributed by atoms with Gasteiger partial charge < -0.3 is 5.32 Å². The van der Waals surface area contributed by atoms with E-state index in [2.05, 4.69) is 30.8 Å². The Morgan fingerprint density at radius 1 is 0.867 bits per heavy atom. The van der Waals surface area contributed by atoms with Crippen LogP contribution in [0.1, 0.15) is 12.6 Å². The van der Waals surface area contributed by atoms with Gasteiger partial charge in [0.25, 0.3) is 0 Å². The van der Waals surface area contributed by atoms with Gasteiger partial charge in [-0.25, -0.2) is 4.52 Å². The average molecular weight is 395 g/mol. The summed E-state index contributed by atoms with van der Waals surface area (Å²) in [5.41, 5.74) is 5.25. The minimum Gasteiger partial charge on any atom is -0.308 e. The summed E-state index contributed by atoms with van der Waals surface area (Å²) in [5.74, 6) is 0.139. The number of carbonyl (C=O) groups excluding carboxylic acids is 1. The average Bonchev–Trinajstić information content (AvgIpc) is 3.15. The fraction of sp³-hybridized carbons (Fsp3) is 0.0909. The molecular weight excluding hydrogens is 378 g/mol. The van der Waals surface area contributed by atoms with Gasteiger partial charge in [0, 0.05) is 18.1 Å². The molecule has 0 aliphatic rings. The lowest BCUT2D eigenvalue weighted by atomic mass is 9.97. The molecule has 146 valence electrons. The molecule has 8 heteroatoms. The number of nitrogens with zero attached hydrogens (tertiary/aromatic N) is 6. The number of anilines is 1. The van der Waals surface area contributed by atoms with E-state index in [-0.39, 0.29) is 5.91 Å². The highest BCUT2D eigenvalue weighted by Gasteiger charge is 2.22. The van der Waals surface area contributed by atoms with E-state index in [1.165, 1.54) is 6.92 Å². The monoisotopic (exact) mass is 395 g/mol. The Labute approximate surface area is 171 Å². The highest BCUT2D eigenvalue weighted by Crippen LogP contribution is 2.37. The molecular formula is C22H17N7O. The molecule has 8 nitrogen and oxygen atoms in total. The maximum Gasteiger partial charge on any atom is 0.222 e. The first-order chi connectivity index (χ1) is 14.6. The summed E-state index contributed by atoms with van der Waals surface area (Å²) in [6, 6.07) is 19.9. The van der Waals surface area contributed by atoms with Gasteiger partial charge in [-0.3, -0.25) is 4.79 Å².